The van der Waals surface area contributed by atoms with E-state index in [9.17, 15) is 14.7 Å². The fourth-order valence-corrected chi connectivity index (χ4v) is 3.26. The molecule has 0 aromatic heterocycles. The average Bonchev–Trinajstić information content (AvgIpc) is 2.37. The lowest BCUT2D eigenvalue weighted by Gasteiger charge is -2.18. The van der Waals surface area contributed by atoms with E-state index < -0.39 is 12.5 Å². The van der Waals surface area contributed by atoms with Crippen LogP contribution < -0.4 is 0 Å². The van der Waals surface area contributed by atoms with Crippen LogP contribution in [0.25, 0.3) is 5.31 Å². The van der Waals surface area contributed by atoms with Crippen molar-refractivity contribution in [3.8, 4) is 0 Å². The van der Waals surface area contributed by atoms with Gasteiger partial charge in [-0.2, -0.15) is 0 Å². The molecule has 19 heavy (non-hydrogen) atoms. The summed E-state index contributed by atoms with van der Waals surface area (Å²) in [5.41, 5.74) is 0.449. The largest absolute Gasteiger partial charge is 0.368 e. The standard InChI is InChI=1S/C12H16NO5P/c1-3-17-19(16,18-4-2)12(10-13(14)15)11-8-6-5-7-9-11/h5-10H,3-4H2,1-2H3. The van der Waals surface area contributed by atoms with E-state index in [1.54, 1.807) is 44.2 Å². The van der Waals surface area contributed by atoms with Gasteiger partial charge in [-0.25, -0.2) is 0 Å². The molecule has 0 aliphatic heterocycles. The minimum Gasteiger partial charge on any atom is -0.305 e. The molecule has 6 nitrogen and oxygen atoms in total. The van der Waals surface area contributed by atoms with Crippen molar-refractivity contribution < 1.29 is 18.5 Å². The number of rotatable bonds is 7. The first-order valence-electron chi connectivity index (χ1n) is 5.84. The van der Waals surface area contributed by atoms with Gasteiger partial charge in [-0.15, -0.1) is 0 Å². The molecule has 1 rings (SSSR count). The maximum atomic E-state index is 12.6. The third-order valence-corrected chi connectivity index (χ3v) is 4.35. The summed E-state index contributed by atoms with van der Waals surface area (Å²) in [5.74, 6) is 0. The lowest BCUT2D eigenvalue weighted by Crippen LogP contribution is -2.01. The fourth-order valence-electron chi connectivity index (χ4n) is 1.53. The second-order valence-corrected chi connectivity index (χ2v) is 5.49. The van der Waals surface area contributed by atoms with Crippen LogP contribution in [0.5, 0.6) is 0 Å². The maximum absolute atomic E-state index is 12.6. The van der Waals surface area contributed by atoms with Gasteiger partial charge in [0, 0.05) is 0 Å². The molecule has 0 amide bonds. The Kier molecular flexibility index (Phi) is 5.89. The van der Waals surface area contributed by atoms with Crippen LogP contribution in [0.4, 0.5) is 0 Å². The summed E-state index contributed by atoms with van der Waals surface area (Å²) >= 11 is 0. The Bertz CT molecular complexity index is 490. The molecule has 0 unspecified atom stereocenters. The SMILES string of the molecule is CCOP(=O)(OCC)C(=C[N+](=O)[O-])c1ccccc1. The van der Waals surface area contributed by atoms with Gasteiger partial charge in [-0.1, -0.05) is 30.3 Å². The summed E-state index contributed by atoms with van der Waals surface area (Å²) in [6.45, 7) is 3.58. The van der Waals surface area contributed by atoms with Crippen molar-refractivity contribution in [1.29, 1.82) is 0 Å². The first-order valence-corrected chi connectivity index (χ1v) is 7.38. The van der Waals surface area contributed by atoms with Gasteiger partial charge in [0.25, 0.3) is 0 Å². The average molecular weight is 285 g/mol. The third kappa shape index (κ3) is 4.28. The van der Waals surface area contributed by atoms with Crippen molar-refractivity contribution in [2.45, 2.75) is 13.8 Å². The van der Waals surface area contributed by atoms with Crippen LogP contribution in [0.1, 0.15) is 19.4 Å². The molecule has 0 N–H and O–H groups in total. The quantitative estimate of drug-likeness (QED) is 0.435. The van der Waals surface area contributed by atoms with Crippen molar-refractivity contribution in [3.63, 3.8) is 0 Å². The highest BCUT2D eigenvalue weighted by Gasteiger charge is 2.33. The molecule has 1 aromatic rings. The van der Waals surface area contributed by atoms with Crippen LogP contribution in [0.2, 0.25) is 0 Å². The highest BCUT2D eigenvalue weighted by atomic mass is 31.2. The first-order chi connectivity index (χ1) is 9.03. The smallest absolute Gasteiger partial charge is 0.305 e. The third-order valence-electron chi connectivity index (χ3n) is 2.19. The summed E-state index contributed by atoms with van der Waals surface area (Å²) in [4.78, 5) is 10.1. The zero-order chi connectivity index (χ0) is 14.3. The summed E-state index contributed by atoms with van der Waals surface area (Å²) in [6.07, 6.45) is 0.682. The van der Waals surface area contributed by atoms with Gasteiger partial charge >= 0.3 is 7.60 Å². The van der Waals surface area contributed by atoms with Crippen LogP contribution in [-0.4, -0.2) is 18.1 Å². The Morgan fingerprint density at radius 3 is 2.21 bits per heavy atom. The highest BCUT2D eigenvalue weighted by molar-refractivity contribution is 7.65. The topological polar surface area (TPSA) is 78.7 Å². The molecule has 7 heteroatoms. The molecule has 104 valence electrons. The second-order valence-electron chi connectivity index (χ2n) is 3.50. The van der Waals surface area contributed by atoms with Gasteiger partial charge in [0.05, 0.1) is 18.1 Å². The van der Waals surface area contributed by atoms with E-state index in [0.29, 0.717) is 11.8 Å². The minimum atomic E-state index is -3.69. The van der Waals surface area contributed by atoms with Crippen LogP contribution in [0, 0.1) is 10.1 Å². The van der Waals surface area contributed by atoms with Gasteiger partial charge in [-0.05, 0) is 19.4 Å². The maximum Gasteiger partial charge on any atom is 0.368 e. The Hall–Kier alpha value is -1.49. The lowest BCUT2D eigenvalue weighted by molar-refractivity contribution is -0.401. The Balaban J connectivity index is 3.31. The molecular weight excluding hydrogens is 269 g/mol. The zero-order valence-electron chi connectivity index (χ0n) is 10.8. The van der Waals surface area contributed by atoms with Crippen LogP contribution in [0.15, 0.2) is 36.5 Å². The Morgan fingerprint density at radius 2 is 1.79 bits per heavy atom. The van der Waals surface area contributed by atoms with Gasteiger partial charge in [0.15, 0.2) is 0 Å². The van der Waals surface area contributed by atoms with E-state index in [1.165, 1.54) is 0 Å². The molecule has 1 aromatic carbocycles. The van der Waals surface area contributed by atoms with E-state index >= 15 is 0 Å². The van der Waals surface area contributed by atoms with E-state index in [4.69, 9.17) is 9.05 Å². The molecule has 0 saturated heterocycles. The van der Waals surface area contributed by atoms with E-state index in [-0.39, 0.29) is 18.5 Å². The summed E-state index contributed by atoms with van der Waals surface area (Å²) in [5, 5.41) is 10.7. The number of nitro groups is 1. The summed E-state index contributed by atoms with van der Waals surface area (Å²) < 4.78 is 22.9. The van der Waals surface area contributed by atoms with Crippen LogP contribution in [0.3, 0.4) is 0 Å². The molecule has 0 aliphatic carbocycles. The highest BCUT2D eigenvalue weighted by Crippen LogP contribution is 2.60. The minimum absolute atomic E-state index is 0.0400. The normalized spacial score (nSPS) is 12.4. The molecule has 0 radical (unpaired) electrons. The first kappa shape index (κ1) is 15.6. The van der Waals surface area contributed by atoms with E-state index in [1.807, 2.05) is 0 Å². The molecular formula is C12H16NO5P. The van der Waals surface area contributed by atoms with E-state index in [0.717, 1.165) is 0 Å². The van der Waals surface area contributed by atoms with Crippen molar-refractivity contribution in [3.05, 3.63) is 52.2 Å². The van der Waals surface area contributed by atoms with Crippen LogP contribution in [-0.2, 0) is 13.6 Å². The second kappa shape index (κ2) is 7.19. The van der Waals surface area contributed by atoms with Crippen LogP contribution >= 0.6 is 7.60 Å². The number of benzene rings is 1. The van der Waals surface area contributed by atoms with Gasteiger partial charge in [0.1, 0.15) is 5.31 Å². The summed E-state index contributed by atoms with van der Waals surface area (Å²) in [7, 11) is -3.69. The fraction of sp³-hybridized carbons (Fsp3) is 0.333. The zero-order valence-corrected chi connectivity index (χ0v) is 11.7. The molecule has 0 spiro atoms. The van der Waals surface area contributed by atoms with Crippen molar-refractivity contribution in [2.24, 2.45) is 0 Å². The van der Waals surface area contributed by atoms with Gasteiger partial charge in [-0.3, -0.25) is 14.7 Å². The summed E-state index contributed by atoms with van der Waals surface area (Å²) in [6, 6.07) is 8.41. The monoisotopic (exact) mass is 285 g/mol. The Morgan fingerprint density at radius 1 is 1.26 bits per heavy atom. The lowest BCUT2D eigenvalue weighted by atomic mass is 10.2. The number of hydrogen-bond donors (Lipinski definition) is 0. The van der Waals surface area contributed by atoms with Gasteiger partial charge < -0.3 is 9.05 Å². The Labute approximate surface area is 111 Å². The van der Waals surface area contributed by atoms with Crippen molar-refractivity contribution in [2.75, 3.05) is 13.2 Å². The number of nitrogens with zero attached hydrogens (tertiary/aromatic N) is 1. The predicted octanol–water partition coefficient (Wildman–Crippen LogP) is 3.53. The molecule has 0 heterocycles. The van der Waals surface area contributed by atoms with Gasteiger partial charge in [0.2, 0.25) is 6.20 Å². The molecule has 0 aliphatic rings. The molecule has 0 saturated carbocycles. The van der Waals surface area contributed by atoms with E-state index in [2.05, 4.69) is 0 Å². The molecule has 0 fully saturated rings. The van der Waals surface area contributed by atoms with Crippen molar-refractivity contribution in [1.82, 2.24) is 0 Å². The predicted molar refractivity (Wildman–Crippen MR) is 72.3 cm³/mol. The molecule has 0 bridgehead atoms. The molecule has 0 atom stereocenters. The number of hydrogen-bond acceptors (Lipinski definition) is 5. The van der Waals surface area contributed by atoms with Crippen molar-refractivity contribution >= 4 is 12.9 Å².